The van der Waals surface area contributed by atoms with E-state index >= 15 is 0 Å². The highest BCUT2D eigenvalue weighted by atomic mass is 16.4. The number of benzene rings is 1. The Labute approximate surface area is 112 Å². The molecule has 0 aliphatic heterocycles. The third kappa shape index (κ3) is 5.09. The van der Waals surface area contributed by atoms with E-state index in [1.807, 2.05) is 0 Å². The van der Waals surface area contributed by atoms with E-state index in [1.165, 1.54) is 56.4 Å². The van der Waals surface area contributed by atoms with E-state index < -0.39 is 11.9 Å². The normalized spacial score (nSPS) is 15.2. The van der Waals surface area contributed by atoms with Crippen LogP contribution in [0.25, 0.3) is 0 Å². The molecule has 0 unspecified atom stereocenters. The summed E-state index contributed by atoms with van der Waals surface area (Å²) in [4.78, 5) is 20.9. The van der Waals surface area contributed by atoms with Crippen molar-refractivity contribution < 1.29 is 19.8 Å². The second kappa shape index (κ2) is 7.53. The first-order valence-corrected chi connectivity index (χ1v) is 6.33. The Morgan fingerprint density at radius 1 is 0.947 bits per heavy atom. The minimum Gasteiger partial charge on any atom is -0.478 e. The van der Waals surface area contributed by atoms with Crippen molar-refractivity contribution in [2.45, 2.75) is 38.1 Å². The van der Waals surface area contributed by atoms with Gasteiger partial charge in [-0.15, -0.1) is 0 Å². The average Bonchev–Trinajstić information content (AvgIpc) is 2.40. The van der Waals surface area contributed by atoms with Gasteiger partial charge in [-0.3, -0.25) is 0 Å². The van der Waals surface area contributed by atoms with Gasteiger partial charge in [0.15, 0.2) is 0 Å². The molecule has 2 rings (SSSR count). The summed E-state index contributed by atoms with van der Waals surface area (Å²) in [7, 11) is 0. The maximum Gasteiger partial charge on any atom is 0.336 e. The molecule has 1 saturated carbocycles. The summed E-state index contributed by atoms with van der Waals surface area (Å²) >= 11 is 0. The standard InChI is InChI=1S/C8H6O4.C6H13N/c9-7(10)5-3-1-2-4-6(5)8(11)12;7-6-4-2-1-3-5-6/h1-4H,(H,9,10)(H,11,12);6H,1-5,7H2. The second-order valence-electron chi connectivity index (χ2n) is 4.55. The fourth-order valence-corrected chi connectivity index (χ4v) is 1.99. The lowest BCUT2D eigenvalue weighted by atomic mass is 9.97. The van der Waals surface area contributed by atoms with Crippen LogP contribution in [0.3, 0.4) is 0 Å². The van der Waals surface area contributed by atoms with Gasteiger partial charge in [-0.05, 0) is 25.0 Å². The number of hydrogen-bond acceptors (Lipinski definition) is 3. The van der Waals surface area contributed by atoms with E-state index in [9.17, 15) is 9.59 Å². The monoisotopic (exact) mass is 265 g/mol. The quantitative estimate of drug-likeness (QED) is 0.762. The third-order valence-corrected chi connectivity index (χ3v) is 3.04. The largest absolute Gasteiger partial charge is 0.478 e. The highest BCUT2D eigenvalue weighted by Crippen LogP contribution is 2.14. The Kier molecular flexibility index (Phi) is 6.02. The van der Waals surface area contributed by atoms with E-state index in [2.05, 4.69) is 0 Å². The van der Waals surface area contributed by atoms with E-state index in [0.29, 0.717) is 6.04 Å². The number of aromatic carboxylic acids is 2. The Hall–Kier alpha value is -1.88. The molecule has 1 aromatic carbocycles. The summed E-state index contributed by atoms with van der Waals surface area (Å²) in [6.45, 7) is 0. The average molecular weight is 265 g/mol. The molecular weight excluding hydrogens is 246 g/mol. The van der Waals surface area contributed by atoms with Crippen molar-refractivity contribution in [2.24, 2.45) is 5.73 Å². The van der Waals surface area contributed by atoms with Crippen LogP contribution in [0.4, 0.5) is 0 Å². The van der Waals surface area contributed by atoms with Gasteiger partial charge in [0.1, 0.15) is 0 Å². The molecule has 1 aliphatic rings. The molecule has 4 N–H and O–H groups in total. The summed E-state index contributed by atoms with van der Waals surface area (Å²) < 4.78 is 0. The summed E-state index contributed by atoms with van der Waals surface area (Å²) in [6, 6.07) is 6.01. The highest BCUT2D eigenvalue weighted by Gasteiger charge is 2.13. The molecule has 19 heavy (non-hydrogen) atoms. The van der Waals surface area contributed by atoms with Crippen LogP contribution < -0.4 is 5.73 Å². The zero-order chi connectivity index (χ0) is 14.3. The van der Waals surface area contributed by atoms with E-state index in [0.717, 1.165) is 0 Å². The van der Waals surface area contributed by atoms with Crippen LogP contribution in [0.1, 0.15) is 52.8 Å². The molecule has 0 bridgehead atoms. The number of nitrogens with two attached hydrogens (primary N) is 1. The number of carbonyl (C=O) groups is 2. The van der Waals surface area contributed by atoms with Crippen LogP contribution in [-0.4, -0.2) is 28.2 Å². The lowest BCUT2D eigenvalue weighted by molar-refractivity contribution is 0.0651. The van der Waals surface area contributed by atoms with Gasteiger partial charge in [0.2, 0.25) is 0 Å². The van der Waals surface area contributed by atoms with Crippen LogP contribution in [0.5, 0.6) is 0 Å². The maximum absolute atomic E-state index is 10.5. The first-order valence-electron chi connectivity index (χ1n) is 6.33. The Morgan fingerprint density at radius 2 is 1.37 bits per heavy atom. The van der Waals surface area contributed by atoms with Crippen molar-refractivity contribution in [1.82, 2.24) is 0 Å². The van der Waals surface area contributed by atoms with Crippen molar-refractivity contribution in [3.8, 4) is 0 Å². The topological polar surface area (TPSA) is 101 Å². The molecule has 1 aliphatic carbocycles. The maximum atomic E-state index is 10.5. The molecule has 1 fully saturated rings. The highest BCUT2D eigenvalue weighted by molar-refractivity contribution is 6.01. The number of rotatable bonds is 2. The predicted molar refractivity (Wildman–Crippen MR) is 71.4 cm³/mol. The number of carboxylic acid groups (broad SMARTS) is 2. The van der Waals surface area contributed by atoms with Gasteiger partial charge in [0.25, 0.3) is 0 Å². The number of carboxylic acids is 2. The zero-order valence-corrected chi connectivity index (χ0v) is 10.7. The van der Waals surface area contributed by atoms with Crippen LogP contribution in [0.15, 0.2) is 24.3 Å². The first kappa shape index (κ1) is 15.2. The van der Waals surface area contributed by atoms with E-state index in [1.54, 1.807) is 0 Å². The molecule has 0 atom stereocenters. The Balaban J connectivity index is 0.000000218. The van der Waals surface area contributed by atoms with E-state index in [-0.39, 0.29) is 11.1 Å². The van der Waals surface area contributed by atoms with Crippen LogP contribution in [0.2, 0.25) is 0 Å². The molecule has 0 radical (unpaired) electrons. The second-order valence-corrected chi connectivity index (χ2v) is 4.55. The molecular formula is C14H19NO4. The SMILES string of the molecule is NC1CCCCC1.O=C(O)c1ccccc1C(=O)O. The minimum absolute atomic E-state index is 0.190. The van der Waals surface area contributed by atoms with Gasteiger partial charge in [-0.2, -0.15) is 0 Å². The minimum atomic E-state index is -1.23. The fourth-order valence-electron chi connectivity index (χ4n) is 1.99. The molecule has 1 aromatic rings. The van der Waals surface area contributed by atoms with Gasteiger partial charge in [-0.1, -0.05) is 31.4 Å². The fraction of sp³-hybridized carbons (Fsp3) is 0.429. The van der Waals surface area contributed by atoms with Crippen molar-refractivity contribution >= 4 is 11.9 Å². The lowest BCUT2D eigenvalue weighted by Crippen LogP contribution is -2.22. The molecule has 0 aromatic heterocycles. The first-order chi connectivity index (χ1) is 9.02. The Bertz CT molecular complexity index is 406. The Morgan fingerprint density at radius 3 is 1.63 bits per heavy atom. The summed E-state index contributed by atoms with van der Waals surface area (Å²) in [5.41, 5.74) is 5.26. The third-order valence-electron chi connectivity index (χ3n) is 3.04. The van der Waals surface area contributed by atoms with Crippen molar-refractivity contribution in [3.63, 3.8) is 0 Å². The lowest BCUT2D eigenvalue weighted by Gasteiger charge is -2.15. The van der Waals surface area contributed by atoms with Crippen LogP contribution in [0, 0.1) is 0 Å². The van der Waals surface area contributed by atoms with E-state index in [4.69, 9.17) is 15.9 Å². The van der Waals surface area contributed by atoms with Gasteiger partial charge >= 0.3 is 11.9 Å². The van der Waals surface area contributed by atoms with Crippen LogP contribution >= 0.6 is 0 Å². The van der Waals surface area contributed by atoms with Crippen molar-refractivity contribution in [3.05, 3.63) is 35.4 Å². The summed E-state index contributed by atoms with van der Waals surface area (Å²) in [5.74, 6) is -2.46. The smallest absolute Gasteiger partial charge is 0.336 e. The summed E-state index contributed by atoms with van der Waals surface area (Å²) in [5, 5.41) is 17.1. The van der Waals surface area contributed by atoms with Crippen molar-refractivity contribution in [1.29, 1.82) is 0 Å². The molecule has 104 valence electrons. The molecule has 0 spiro atoms. The van der Waals surface area contributed by atoms with Gasteiger partial charge in [0, 0.05) is 6.04 Å². The molecule has 0 amide bonds. The van der Waals surface area contributed by atoms with Gasteiger partial charge < -0.3 is 15.9 Å². The molecule has 0 saturated heterocycles. The zero-order valence-electron chi connectivity index (χ0n) is 10.7. The van der Waals surface area contributed by atoms with Crippen LogP contribution in [-0.2, 0) is 0 Å². The molecule has 5 heteroatoms. The van der Waals surface area contributed by atoms with Gasteiger partial charge in [0.05, 0.1) is 11.1 Å². The molecule has 0 heterocycles. The van der Waals surface area contributed by atoms with Crippen molar-refractivity contribution in [2.75, 3.05) is 0 Å². The number of hydrogen-bond donors (Lipinski definition) is 3. The summed E-state index contributed by atoms with van der Waals surface area (Å²) in [6.07, 6.45) is 6.66. The molecule has 5 nitrogen and oxygen atoms in total. The predicted octanol–water partition coefficient (Wildman–Crippen LogP) is 2.36. The van der Waals surface area contributed by atoms with Gasteiger partial charge in [-0.25, -0.2) is 9.59 Å².